The summed E-state index contributed by atoms with van der Waals surface area (Å²) in [6.07, 6.45) is 6.80. The van der Waals surface area contributed by atoms with Gasteiger partial charge in [-0.1, -0.05) is 24.1 Å². The second kappa shape index (κ2) is 11.2. The van der Waals surface area contributed by atoms with Crippen LogP contribution in [0, 0.1) is 11.7 Å². The van der Waals surface area contributed by atoms with Gasteiger partial charge in [0.05, 0.1) is 0 Å². The quantitative estimate of drug-likeness (QED) is 0.304. The summed E-state index contributed by atoms with van der Waals surface area (Å²) >= 11 is 6.07. The van der Waals surface area contributed by atoms with Crippen molar-refractivity contribution < 1.29 is 9.18 Å². The third-order valence-corrected chi connectivity index (χ3v) is 5.59. The fourth-order valence-electron chi connectivity index (χ4n) is 3.53. The van der Waals surface area contributed by atoms with Crippen LogP contribution in [-0.4, -0.2) is 37.5 Å². The Kier molecular flexibility index (Phi) is 9.27. The lowest BCUT2D eigenvalue weighted by atomic mass is 9.85. The summed E-state index contributed by atoms with van der Waals surface area (Å²) in [6.45, 7) is 0.642. The number of hydrogen-bond donors (Lipinski definition) is 3. The van der Waals surface area contributed by atoms with Gasteiger partial charge in [0.15, 0.2) is 5.96 Å². The van der Waals surface area contributed by atoms with Crippen molar-refractivity contribution in [3.63, 3.8) is 0 Å². The van der Waals surface area contributed by atoms with Crippen LogP contribution in [0.4, 0.5) is 4.39 Å². The van der Waals surface area contributed by atoms with E-state index in [-0.39, 0.29) is 47.7 Å². The number of benzene rings is 1. The number of nitrogens with zero attached hydrogens (tertiary/aromatic N) is 1. The third kappa shape index (κ3) is 7.06. The number of guanidine groups is 1. The maximum Gasteiger partial charge on any atom is 0.223 e. The smallest absolute Gasteiger partial charge is 0.223 e. The first-order valence-corrected chi connectivity index (χ1v) is 10.1. The minimum Gasteiger partial charge on any atom is -0.356 e. The molecule has 0 aromatic heterocycles. The summed E-state index contributed by atoms with van der Waals surface area (Å²) in [5.41, 5.74) is 0.899. The van der Waals surface area contributed by atoms with Gasteiger partial charge in [-0.3, -0.25) is 9.79 Å². The van der Waals surface area contributed by atoms with Crippen LogP contribution in [0.3, 0.4) is 0 Å². The summed E-state index contributed by atoms with van der Waals surface area (Å²) in [5.74, 6) is 0.694. The number of rotatable bonds is 6. The van der Waals surface area contributed by atoms with Gasteiger partial charge in [0, 0.05) is 36.6 Å². The Balaban J connectivity index is 0.00000280. The molecule has 5 nitrogen and oxygen atoms in total. The molecule has 1 aromatic carbocycles. The zero-order chi connectivity index (χ0) is 19.2. The molecule has 0 radical (unpaired) electrons. The van der Waals surface area contributed by atoms with Crippen molar-refractivity contribution in [2.75, 3.05) is 13.6 Å². The number of nitrogens with one attached hydrogen (secondary N) is 3. The van der Waals surface area contributed by atoms with E-state index >= 15 is 0 Å². The number of carbonyl (C=O) groups excluding carboxylic acids is 1. The molecule has 2 unspecified atom stereocenters. The van der Waals surface area contributed by atoms with Gasteiger partial charge in [-0.2, -0.15) is 0 Å². The normalized spacial score (nSPS) is 22.2. The summed E-state index contributed by atoms with van der Waals surface area (Å²) in [6, 6.07) is 5.12. The SMILES string of the molecule is CN=C(NCCc1ccc(F)cc1Cl)NC1CCCC(C(=O)NC2CC2)C1.I. The fourth-order valence-corrected chi connectivity index (χ4v) is 3.80. The molecule has 0 spiro atoms. The molecular formula is C20H29ClFIN4O. The number of halogens is 3. The largest absolute Gasteiger partial charge is 0.356 e. The minimum absolute atomic E-state index is 0. The van der Waals surface area contributed by atoms with Gasteiger partial charge in [-0.05, 0) is 56.2 Å². The van der Waals surface area contributed by atoms with Crippen LogP contribution in [0.5, 0.6) is 0 Å². The molecule has 2 aliphatic carbocycles. The van der Waals surface area contributed by atoms with E-state index in [0.29, 0.717) is 24.0 Å². The number of aliphatic imine (C=N–C) groups is 1. The predicted molar refractivity (Wildman–Crippen MR) is 122 cm³/mol. The minimum atomic E-state index is -0.327. The van der Waals surface area contributed by atoms with Gasteiger partial charge < -0.3 is 16.0 Å². The van der Waals surface area contributed by atoms with E-state index in [1.807, 2.05) is 0 Å². The van der Waals surface area contributed by atoms with Gasteiger partial charge >= 0.3 is 0 Å². The predicted octanol–water partition coefficient (Wildman–Crippen LogP) is 3.64. The molecule has 0 heterocycles. The van der Waals surface area contributed by atoms with Gasteiger partial charge in [-0.25, -0.2) is 4.39 Å². The Bertz CT molecular complexity index is 699. The topological polar surface area (TPSA) is 65.5 Å². The van der Waals surface area contributed by atoms with E-state index in [0.717, 1.165) is 50.0 Å². The van der Waals surface area contributed by atoms with Crippen molar-refractivity contribution in [2.45, 2.75) is 57.0 Å². The summed E-state index contributed by atoms with van der Waals surface area (Å²) in [4.78, 5) is 16.6. The third-order valence-electron chi connectivity index (χ3n) is 5.24. The lowest BCUT2D eigenvalue weighted by Crippen LogP contribution is -2.47. The maximum atomic E-state index is 13.1. The van der Waals surface area contributed by atoms with E-state index in [9.17, 15) is 9.18 Å². The second-order valence-electron chi connectivity index (χ2n) is 7.47. The highest BCUT2D eigenvalue weighted by molar-refractivity contribution is 14.0. The van der Waals surface area contributed by atoms with Crippen LogP contribution in [0.15, 0.2) is 23.2 Å². The molecule has 1 amide bonds. The second-order valence-corrected chi connectivity index (χ2v) is 7.88. The molecule has 0 bridgehead atoms. The van der Waals surface area contributed by atoms with Crippen LogP contribution >= 0.6 is 35.6 Å². The van der Waals surface area contributed by atoms with Gasteiger partial charge in [-0.15, -0.1) is 24.0 Å². The molecule has 0 aliphatic heterocycles. The van der Waals surface area contributed by atoms with Gasteiger partial charge in [0.25, 0.3) is 0 Å². The summed E-state index contributed by atoms with van der Waals surface area (Å²) < 4.78 is 13.1. The Morgan fingerprint density at radius 2 is 2.00 bits per heavy atom. The zero-order valence-electron chi connectivity index (χ0n) is 16.1. The first-order valence-electron chi connectivity index (χ1n) is 9.76. The van der Waals surface area contributed by atoms with E-state index in [1.165, 1.54) is 12.1 Å². The Labute approximate surface area is 188 Å². The average molecular weight is 523 g/mol. The Hall–Kier alpha value is -1.09. The lowest BCUT2D eigenvalue weighted by Gasteiger charge is -2.30. The van der Waals surface area contributed by atoms with Crippen molar-refractivity contribution in [3.8, 4) is 0 Å². The molecule has 2 fully saturated rings. The van der Waals surface area contributed by atoms with Crippen LogP contribution in [0.2, 0.25) is 5.02 Å². The molecule has 3 rings (SSSR count). The van der Waals surface area contributed by atoms with Crippen molar-refractivity contribution in [2.24, 2.45) is 10.9 Å². The monoisotopic (exact) mass is 522 g/mol. The highest BCUT2D eigenvalue weighted by atomic mass is 127. The number of amides is 1. The average Bonchev–Trinajstić information content (AvgIpc) is 3.47. The van der Waals surface area contributed by atoms with Crippen LogP contribution in [0.1, 0.15) is 44.1 Å². The van der Waals surface area contributed by atoms with Crippen molar-refractivity contribution in [1.29, 1.82) is 0 Å². The molecule has 1 aromatic rings. The van der Waals surface area contributed by atoms with E-state index in [4.69, 9.17) is 11.6 Å². The first kappa shape index (κ1) is 23.2. The summed E-state index contributed by atoms with van der Waals surface area (Å²) in [7, 11) is 1.74. The molecule has 0 saturated heterocycles. The molecule has 3 N–H and O–H groups in total. The molecule has 2 atom stereocenters. The molecule has 2 saturated carbocycles. The first-order chi connectivity index (χ1) is 13.0. The van der Waals surface area contributed by atoms with E-state index < -0.39 is 0 Å². The highest BCUT2D eigenvalue weighted by Crippen LogP contribution is 2.26. The fraction of sp³-hybridized carbons (Fsp3) is 0.600. The number of hydrogen-bond acceptors (Lipinski definition) is 2. The van der Waals surface area contributed by atoms with Crippen molar-refractivity contribution in [3.05, 3.63) is 34.6 Å². The molecule has 8 heteroatoms. The van der Waals surface area contributed by atoms with E-state index in [1.54, 1.807) is 13.1 Å². The Morgan fingerprint density at radius 1 is 1.21 bits per heavy atom. The van der Waals surface area contributed by atoms with E-state index in [2.05, 4.69) is 20.9 Å². The van der Waals surface area contributed by atoms with Crippen LogP contribution in [-0.2, 0) is 11.2 Å². The maximum absolute atomic E-state index is 13.1. The van der Waals surface area contributed by atoms with Crippen LogP contribution < -0.4 is 16.0 Å². The lowest BCUT2D eigenvalue weighted by molar-refractivity contribution is -0.126. The van der Waals surface area contributed by atoms with Crippen molar-refractivity contribution >= 4 is 47.4 Å². The molecule has 156 valence electrons. The summed E-state index contributed by atoms with van der Waals surface area (Å²) in [5, 5.41) is 10.3. The molecular weight excluding hydrogens is 494 g/mol. The van der Waals surface area contributed by atoms with Gasteiger partial charge in [0.2, 0.25) is 5.91 Å². The number of carbonyl (C=O) groups is 1. The standard InChI is InChI=1S/C20H28ClFN4O.HI/c1-23-20(24-10-9-13-5-6-15(22)12-18(13)21)26-17-4-2-3-14(11-17)19(27)25-16-7-8-16;/h5-6,12,14,16-17H,2-4,7-11H2,1H3,(H,25,27)(H2,23,24,26);1H. The molecule has 2 aliphatic rings. The van der Waals surface area contributed by atoms with Gasteiger partial charge in [0.1, 0.15) is 5.82 Å². The highest BCUT2D eigenvalue weighted by Gasteiger charge is 2.31. The zero-order valence-corrected chi connectivity index (χ0v) is 19.2. The Morgan fingerprint density at radius 3 is 2.68 bits per heavy atom. The molecule has 28 heavy (non-hydrogen) atoms. The van der Waals surface area contributed by atoms with Crippen LogP contribution in [0.25, 0.3) is 0 Å². The van der Waals surface area contributed by atoms with Crippen molar-refractivity contribution in [1.82, 2.24) is 16.0 Å².